The molecule has 0 aromatic heterocycles. The summed E-state index contributed by atoms with van der Waals surface area (Å²) in [7, 11) is -3.73. The number of carbonyl (C=O) groups is 1. The van der Waals surface area contributed by atoms with E-state index in [0.717, 1.165) is 5.56 Å². The molecule has 7 heteroatoms. The van der Waals surface area contributed by atoms with Crippen LogP contribution in [0.1, 0.15) is 15.9 Å². The summed E-state index contributed by atoms with van der Waals surface area (Å²) in [5.41, 5.74) is 1.83. The Morgan fingerprint density at radius 2 is 1.48 bits per heavy atom. The second-order valence-electron chi connectivity index (χ2n) is 5.84. The monoisotopic (exact) mass is 401 g/mol. The molecule has 138 valence electrons. The third-order valence-electron chi connectivity index (χ3n) is 3.73. The molecule has 0 saturated carbocycles. The number of esters is 1. The topological polar surface area (TPSA) is 72.5 Å². The van der Waals surface area contributed by atoms with E-state index in [4.69, 9.17) is 16.3 Å². The molecule has 27 heavy (non-hydrogen) atoms. The Bertz CT molecular complexity index is 1040. The molecule has 0 atom stereocenters. The molecular weight excluding hydrogens is 386 g/mol. The first-order valence-corrected chi connectivity index (χ1v) is 9.87. The number of rotatable bonds is 5. The van der Waals surface area contributed by atoms with Crippen molar-refractivity contribution in [2.24, 2.45) is 0 Å². The van der Waals surface area contributed by atoms with E-state index in [9.17, 15) is 13.2 Å². The first kappa shape index (κ1) is 18.9. The van der Waals surface area contributed by atoms with Gasteiger partial charge < -0.3 is 4.74 Å². The minimum Gasteiger partial charge on any atom is -0.423 e. The van der Waals surface area contributed by atoms with Gasteiger partial charge in [-0.15, -0.1) is 0 Å². The number of nitrogens with one attached hydrogen (secondary N) is 1. The van der Waals surface area contributed by atoms with Gasteiger partial charge in [0.05, 0.1) is 10.5 Å². The third-order valence-corrected chi connectivity index (χ3v) is 5.38. The molecule has 0 aliphatic rings. The highest BCUT2D eigenvalue weighted by Crippen LogP contribution is 2.21. The number of benzene rings is 3. The fraction of sp³-hybridized carbons (Fsp3) is 0.0500. The number of sulfonamides is 1. The number of halogens is 1. The highest BCUT2D eigenvalue weighted by molar-refractivity contribution is 7.92. The second-order valence-corrected chi connectivity index (χ2v) is 7.96. The molecule has 3 aromatic carbocycles. The van der Waals surface area contributed by atoms with E-state index >= 15 is 0 Å². The van der Waals surface area contributed by atoms with Gasteiger partial charge in [0.2, 0.25) is 0 Å². The van der Waals surface area contributed by atoms with Crippen LogP contribution in [0, 0.1) is 6.92 Å². The molecule has 1 N–H and O–H groups in total. The Labute approximate surface area is 162 Å². The highest BCUT2D eigenvalue weighted by Gasteiger charge is 2.14. The summed E-state index contributed by atoms with van der Waals surface area (Å²) in [6, 6.07) is 18.9. The normalized spacial score (nSPS) is 11.0. The van der Waals surface area contributed by atoms with Crippen LogP contribution in [0.3, 0.4) is 0 Å². The van der Waals surface area contributed by atoms with Gasteiger partial charge in [0.25, 0.3) is 10.0 Å². The van der Waals surface area contributed by atoms with Gasteiger partial charge in [-0.05, 0) is 67.6 Å². The largest absolute Gasteiger partial charge is 0.423 e. The molecule has 0 aliphatic heterocycles. The molecular formula is C20H16ClNO4S. The van der Waals surface area contributed by atoms with E-state index < -0.39 is 16.0 Å². The summed E-state index contributed by atoms with van der Waals surface area (Å²) in [4.78, 5) is 12.2. The minimum atomic E-state index is -3.73. The van der Waals surface area contributed by atoms with Crippen molar-refractivity contribution in [1.82, 2.24) is 0 Å². The molecule has 0 heterocycles. The molecule has 0 fully saturated rings. The maximum Gasteiger partial charge on any atom is 0.343 e. The van der Waals surface area contributed by atoms with Gasteiger partial charge in [-0.25, -0.2) is 13.2 Å². The lowest BCUT2D eigenvalue weighted by Crippen LogP contribution is -2.13. The minimum absolute atomic E-state index is 0.0989. The lowest BCUT2D eigenvalue weighted by molar-refractivity contribution is 0.0735. The van der Waals surface area contributed by atoms with E-state index in [1.807, 2.05) is 19.1 Å². The quantitative estimate of drug-likeness (QED) is 0.498. The van der Waals surface area contributed by atoms with Crippen LogP contribution in [-0.4, -0.2) is 14.4 Å². The van der Waals surface area contributed by atoms with Crippen molar-refractivity contribution < 1.29 is 17.9 Å². The van der Waals surface area contributed by atoms with Crippen molar-refractivity contribution in [3.05, 3.63) is 88.9 Å². The van der Waals surface area contributed by atoms with Crippen LogP contribution in [0.2, 0.25) is 5.02 Å². The van der Waals surface area contributed by atoms with Crippen molar-refractivity contribution in [3.63, 3.8) is 0 Å². The predicted octanol–water partition coefficient (Wildman–Crippen LogP) is 4.67. The summed E-state index contributed by atoms with van der Waals surface area (Å²) in [6.45, 7) is 1.93. The van der Waals surface area contributed by atoms with E-state index in [1.165, 1.54) is 48.5 Å². The first-order chi connectivity index (χ1) is 12.8. The van der Waals surface area contributed by atoms with Crippen LogP contribution in [0.4, 0.5) is 5.69 Å². The Kier molecular flexibility index (Phi) is 5.48. The maximum absolute atomic E-state index is 12.3. The number of carbonyl (C=O) groups excluding carboxylic acids is 1. The molecule has 0 spiro atoms. The maximum atomic E-state index is 12.3. The van der Waals surface area contributed by atoms with Gasteiger partial charge in [-0.2, -0.15) is 0 Å². The molecule has 0 amide bonds. The average Bonchev–Trinajstić information content (AvgIpc) is 2.64. The van der Waals surface area contributed by atoms with Crippen LogP contribution in [0.5, 0.6) is 5.75 Å². The van der Waals surface area contributed by atoms with Crippen molar-refractivity contribution in [3.8, 4) is 5.75 Å². The van der Waals surface area contributed by atoms with Gasteiger partial charge in [-0.3, -0.25) is 4.72 Å². The third kappa shape index (κ3) is 4.87. The molecule has 0 bridgehead atoms. The standard InChI is InChI=1S/C20H16ClNO4S/c1-14-2-4-15(5-3-14)20(23)26-18-10-8-17(9-11-18)22-27(24,25)19-12-6-16(21)7-13-19/h2-13,22H,1H3. The average molecular weight is 402 g/mol. The van der Waals surface area contributed by atoms with Gasteiger partial charge >= 0.3 is 5.97 Å². The Morgan fingerprint density at radius 1 is 0.889 bits per heavy atom. The zero-order valence-electron chi connectivity index (χ0n) is 14.3. The summed E-state index contributed by atoms with van der Waals surface area (Å²) in [5, 5.41) is 0.452. The first-order valence-electron chi connectivity index (χ1n) is 8.01. The lowest BCUT2D eigenvalue weighted by atomic mass is 10.1. The summed E-state index contributed by atoms with van der Waals surface area (Å²) in [6.07, 6.45) is 0. The molecule has 3 aromatic rings. The van der Waals surface area contributed by atoms with Crippen LogP contribution in [0.15, 0.2) is 77.7 Å². The van der Waals surface area contributed by atoms with Crippen molar-refractivity contribution in [2.45, 2.75) is 11.8 Å². The Balaban J connectivity index is 1.69. The summed E-state index contributed by atoms with van der Waals surface area (Å²) >= 11 is 5.78. The summed E-state index contributed by atoms with van der Waals surface area (Å²) in [5.74, 6) is -0.167. The second kappa shape index (κ2) is 7.82. The van der Waals surface area contributed by atoms with Gasteiger partial charge in [0, 0.05) is 10.7 Å². The zero-order chi connectivity index (χ0) is 19.4. The van der Waals surface area contributed by atoms with Crippen LogP contribution >= 0.6 is 11.6 Å². The molecule has 0 aliphatic carbocycles. The number of aryl methyl sites for hydroxylation is 1. The van der Waals surface area contributed by atoms with E-state index in [2.05, 4.69) is 4.72 Å². The number of hydrogen-bond acceptors (Lipinski definition) is 4. The Hall–Kier alpha value is -2.83. The Morgan fingerprint density at radius 3 is 2.07 bits per heavy atom. The fourth-order valence-electron chi connectivity index (χ4n) is 2.27. The van der Waals surface area contributed by atoms with Crippen molar-refractivity contribution >= 4 is 33.3 Å². The molecule has 3 rings (SSSR count). The van der Waals surface area contributed by atoms with E-state index in [-0.39, 0.29) is 4.90 Å². The highest BCUT2D eigenvalue weighted by atomic mass is 35.5. The van der Waals surface area contributed by atoms with Crippen LogP contribution < -0.4 is 9.46 Å². The van der Waals surface area contributed by atoms with E-state index in [1.54, 1.807) is 12.1 Å². The van der Waals surface area contributed by atoms with Crippen LogP contribution in [0.25, 0.3) is 0 Å². The molecule has 0 unspecified atom stereocenters. The number of ether oxygens (including phenoxy) is 1. The van der Waals surface area contributed by atoms with Crippen molar-refractivity contribution in [1.29, 1.82) is 0 Å². The zero-order valence-corrected chi connectivity index (χ0v) is 15.9. The molecule has 0 saturated heterocycles. The number of hydrogen-bond donors (Lipinski definition) is 1. The molecule has 0 radical (unpaired) electrons. The predicted molar refractivity (Wildman–Crippen MR) is 105 cm³/mol. The smallest absolute Gasteiger partial charge is 0.343 e. The summed E-state index contributed by atoms with van der Waals surface area (Å²) < 4.78 is 32.5. The van der Waals surface area contributed by atoms with Crippen molar-refractivity contribution in [2.75, 3.05) is 4.72 Å². The van der Waals surface area contributed by atoms with Gasteiger partial charge in [-0.1, -0.05) is 29.3 Å². The SMILES string of the molecule is Cc1ccc(C(=O)Oc2ccc(NS(=O)(=O)c3ccc(Cl)cc3)cc2)cc1. The van der Waals surface area contributed by atoms with Gasteiger partial charge in [0.1, 0.15) is 5.75 Å². The van der Waals surface area contributed by atoms with Crippen LogP contribution in [-0.2, 0) is 10.0 Å². The van der Waals surface area contributed by atoms with E-state index in [0.29, 0.717) is 22.0 Å². The van der Waals surface area contributed by atoms with Gasteiger partial charge in [0.15, 0.2) is 0 Å². The number of anilines is 1. The fourth-order valence-corrected chi connectivity index (χ4v) is 3.46. The lowest BCUT2D eigenvalue weighted by Gasteiger charge is -2.09. The molecule has 5 nitrogen and oxygen atoms in total.